The molecular weight excluding hydrogens is 171 g/mol. The first kappa shape index (κ1) is 5.89. The molecule has 0 atom stereocenters. The van der Waals surface area contributed by atoms with Crippen LogP contribution in [-0.4, -0.2) is 6.37 Å². The zero-order valence-electron chi connectivity index (χ0n) is 4.49. The third-order valence-corrected chi connectivity index (χ3v) is 1.24. The molecular formula is C6H6BrF+2. The van der Waals surface area contributed by atoms with Gasteiger partial charge >= 0.3 is 55.5 Å². The van der Waals surface area contributed by atoms with Gasteiger partial charge in [0.15, 0.2) is 0 Å². The van der Waals surface area contributed by atoms with Crippen LogP contribution in [0, 0.1) is 3.78 Å². The Morgan fingerprint density at radius 1 is 1.50 bits per heavy atom. The summed E-state index contributed by atoms with van der Waals surface area (Å²) < 4.78 is 6.91. The van der Waals surface area contributed by atoms with Crippen molar-refractivity contribution in [2.45, 2.75) is 6.92 Å². The van der Waals surface area contributed by atoms with E-state index in [-0.39, 0.29) is 0 Å². The maximum absolute atomic E-state index is 5.99. The van der Waals surface area contributed by atoms with E-state index >= 15 is 0 Å². The van der Waals surface area contributed by atoms with Crippen molar-refractivity contribution in [2.75, 3.05) is 0 Å². The van der Waals surface area contributed by atoms with Gasteiger partial charge in [0.2, 0.25) is 0 Å². The SMILES string of the molecule is CC1=CC=C(Br)C=[F+2]1. The molecule has 1 heterocycles. The topological polar surface area (TPSA) is 0 Å². The summed E-state index contributed by atoms with van der Waals surface area (Å²) in [6.45, 7) is 1.85. The van der Waals surface area contributed by atoms with Gasteiger partial charge in [-0.05, 0) is 0 Å². The van der Waals surface area contributed by atoms with Gasteiger partial charge in [0.1, 0.15) is 0 Å². The summed E-state index contributed by atoms with van der Waals surface area (Å²) in [4.78, 5) is 0. The number of hydrogen-bond acceptors (Lipinski definition) is 0. The van der Waals surface area contributed by atoms with Crippen molar-refractivity contribution in [2.24, 2.45) is 0 Å². The van der Waals surface area contributed by atoms with Crippen molar-refractivity contribution in [1.82, 2.24) is 0 Å². The third-order valence-electron chi connectivity index (χ3n) is 0.803. The molecule has 0 nitrogen and oxygen atoms in total. The first-order valence-electron chi connectivity index (χ1n) is 2.30. The van der Waals surface area contributed by atoms with Gasteiger partial charge in [-0.15, -0.1) is 0 Å². The molecule has 0 aliphatic carbocycles. The second kappa shape index (κ2) is 2.35. The second-order valence-electron chi connectivity index (χ2n) is 1.52. The Morgan fingerprint density at radius 2 is 2.25 bits per heavy atom. The fourth-order valence-electron chi connectivity index (χ4n) is 0.405. The van der Waals surface area contributed by atoms with E-state index in [2.05, 4.69) is 15.9 Å². The second-order valence-corrected chi connectivity index (χ2v) is 2.44. The molecule has 0 radical (unpaired) electrons. The van der Waals surface area contributed by atoms with Crippen LogP contribution in [0.25, 0.3) is 0 Å². The standard InChI is InChI=1S/C6H6BrF/c1-5-2-3-6(7)4-8-5/h2-4H,1H3/q+2. The Kier molecular flexibility index (Phi) is 1.73. The molecule has 0 spiro atoms. The molecule has 2 heteroatoms. The van der Waals surface area contributed by atoms with Gasteiger partial charge in [-0.25, -0.2) is 0 Å². The summed E-state index contributed by atoms with van der Waals surface area (Å²) in [6.07, 6.45) is 5.30. The van der Waals surface area contributed by atoms with Crippen LogP contribution in [0.3, 0.4) is 0 Å². The van der Waals surface area contributed by atoms with Crippen LogP contribution in [-0.2, 0) is 0 Å². The van der Waals surface area contributed by atoms with Gasteiger partial charge in [0.05, 0.1) is 0 Å². The van der Waals surface area contributed by atoms with E-state index in [0.29, 0.717) is 0 Å². The first-order chi connectivity index (χ1) is 3.79. The number of rotatable bonds is 0. The number of allylic oxidation sites excluding steroid dienone is 4. The minimum atomic E-state index is 0.799. The molecule has 0 saturated heterocycles. The van der Waals surface area contributed by atoms with Crippen LogP contribution in [0.1, 0.15) is 6.92 Å². The zero-order chi connectivity index (χ0) is 5.98. The molecule has 0 N–H and O–H groups in total. The number of hydrogen-bond donors (Lipinski definition) is 0. The molecule has 1 rings (SSSR count). The average Bonchev–Trinajstić information content (AvgIpc) is 1.77. The Morgan fingerprint density at radius 3 is 2.62 bits per heavy atom. The average molecular weight is 177 g/mol. The molecule has 0 fully saturated rings. The molecule has 1 aliphatic rings. The van der Waals surface area contributed by atoms with Gasteiger partial charge in [0.25, 0.3) is 0 Å². The fourth-order valence-corrected chi connectivity index (χ4v) is 0.624. The van der Waals surface area contributed by atoms with E-state index in [1.54, 1.807) is 0 Å². The summed E-state index contributed by atoms with van der Waals surface area (Å²) in [7, 11) is 0. The molecule has 0 saturated carbocycles. The fraction of sp³-hybridized carbons (Fsp3) is 0.167. The number of halogens is 2. The summed E-state index contributed by atoms with van der Waals surface area (Å²) >= 11 is 3.22. The predicted octanol–water partition coefficient (Wildman–Crippen LogP) is 2.07. The van der Waals surface area contributed by atoms with Crippen LogP contribution in [0.2, 0.25) is 0 Å². The zero-order valence-corrected chi connectivity index (χ0v) is 6.07. The molecule has 0 aromatic heterocycles. The van der Waals surface area contributed by atoms with Crippen molar-refractivity contribution < 1.29 is 3.78 Å². The predicted molar refractivity (Wildman–Crippen MR) is 36.8 cm³/mol. The van der Waals surface area contributed by atoms with Gasteiger partial charge < -0.3 is 0 Å². The molecule has 0 unspecified atom stereocenters. The van der Waals surface area contributed by atoms with E-state index in [9.17, 15) is 0 Å². The van der Waals surface area contributed by atoms with Crippen LogP contribution in [0.4, 0.5) is 0 Å². The van der Waals surface area contributed by atoms with Crippen molar-refractivity contribution in [3.8, 4) is 0 Å². The Balaban J connectivity index is 2.86. The molecule has 0 bridgehead atoms. The molecule has 1 aliphatic heterocycles. The van der Waals surface area contributed by atoms with Crippen LogP contribution in [0.15, 0.2) is 22.5 Å². The van der Waals surface area contributed by atoms with E-state index in [1.807, 2.05) is 19.1 Å². The normalized spacial score (nSPS) is 17.8. The van der Waals surface area contributed by atoms with Crippen LogP contribution >= 0.6 is 15.9 Å². The van der Waals surface area contributed by atoms with Crippen molar-refractivity contribution in [1.29, 1.82) is 0 Å². The van der Waals surface area contributed by atoms with Crippen molar-refractivity contribution in [3.63, 3.8) is 0 Å². The van der Waals surface area contributed by atoms with E-state index < -0.39 is 0 Å². The van der Waals surface area contributed by atoms with Gasteiger partial charge in [-0.2, -0.15) is 0 Å². The minimum absolute atomic E-state index is 0.799. The summed E-state index contributed by atoms with van der Waals surface area (Å²) in [6, 6.07) is 0. The monoisotopic (exact) mass is 176 g/mol. The van der Waals surface area contributed by atoms with Crippen LogP contribution < -0.4 is 0 Å². The molecule has 0 amide bonds. The van der Waals surface area contributed by atoms with E-state index in [4.69, 9.17) is 3.78 Å². The molecule has 8 heavy (non-hydrogen) atoms. The Labute approximate surface area is 56.1 Å². The molecule has 0 aromatic carbocycles. The van der Waals surface area contributed by atoms with E-state index in [0.717, 1.165) is 10.3 Å². The van der Waals surface area contributed by atoms with Crippen LogP contribution in [0.5, 0.6) is 0 Å². The van der Waals surface area contributed by atoms with Crippen molar-refractivity contribution >= 4 is 22.3 Å². The Hall–Kier alpha value is -0.240. The summed E-state index contributed by atoms with van der Waals surface area (Å²) in [5.41, 5.74) is 0. The first-order valence-corrected chi connectivity index (χ1v) is 3.09. The quantitative estimate of drug-likeness (QED) is 0.531. The maximum atomic E-state index is 5.99. The van der Waals surface area contributed by atoms with Crippen molar-refractivity contribution in [3.05, 3.63) is 22.5 Å². The Bertz CT molecular complexity index is 157. The van der Waals surface area contributed by atoms with Gasteiger partial charge in [-0.1, -0.05) is 0 Å². The van der Waals surface area contributed by atoms with Gasteiger partial charge in [0, 0.05) is 0 Å². The van der Waals surface area contributed by atoms with E-state index in [1.165, 1.54) is 6.37 Å². The third kappa shape index (κ3) is 1.37. The summed E-state index contributed by atoms with van der Waals surface area (Å²) in [5, 5.41) is 0. The molecule has 0 aromatic rings. The van der Waals surface area contributed by atoms with Gasteiger partial charge in [-0.3, -0.25) is 0 Å². The summed E-state index contributed by atoms with van der Waals surface area (Å²) in [5.74, 6) is 0.799. The molecule has 42 valence electrons.